The number of thioether (sulfide) groups is 1. The number of esters is 1. The van der Waals surface area contributed by atoms with E-state index in [-0.39, 0.29) is 27.8 Å². The molecule has 0 fully saturated rings. The quantitative estimate of drug-likeness (QED) is 0.325. The zero-order valence-electron chi connectivity index (χ0n) is 18.9. The highest BCUT2D eigenvalue weighted by atomic mass is 32.2. The van der Waals surface area contributed by atoms with E-state index in [9.17, 15) is 31.5 Å². The summed E-state index contributed by atoms with van der Waals surface area (Å²) >= 11 is 1.25. The van der Waals surface area contributed by atoms with E-state index >= 15 is 0 Å². The second kappa shape index (κ2) is 10.8. The molecule has 0 aliphatic carbocycles. The van der Waals surface area contributed by atoms with Crippen molar-refractivity contribution in [3.05, 3.63) is 59.8 Å². The first-order valence-corrected chi connectivity index (χ1v) is 13.4. The fraction of sp³-hybridized carbons (Fsp3) is 0.304. The molecule has 7 nitrogen and oxygen atoms in total. The van der Waals surface area contributed by atoms with E-state index in [1.807, 2.05) is 0 Å². The number of carbonyl (C=O) groups is 1. The Morgan fingerprint density at radius 1 is 1.09 bits per heavy atom. The Morgan fingerprint density at radius 3 is 2.29 bits per heavy atom. The van der Waals surface area contributed by atoms with Crippen molar-refractivity contribution in [1.29, 1.82) is 0 Å². The summed E-state index contributed by atoms with van der Waals surface area (Å²) in [4.78, 5) is 12.0. The molecule has 3 aromatic rings. The number of nitrogens with zero attached hydrogens (tertiary/aromatic N) is 2. The first-order valence-electron chi connectivity index (χ1n) is 10.4. The Balaban J connectivity index is 1.99. The second-order valence-electron chi connectivity index (χ2n) is 7.45. The Bertz CT molecular complexity index is 1300. The van der Waals surface area contributed by atoms with E-state index in [1.54, 1.807) is 36.6 Å². The van der Waals surface area contributed by atoms with E-state index in [1.165, 1.54) is 30.8 Å². The third kappa shape index (κ3) is 6.24. The number of hydrogen-bond acceptors (Lipinski definition) is 7. The first-order chi connectivity index (χ1) is 16.5. The van der Waals surface area contributed by atoms with Gasteiger partial charge < -0.3 is 9.84 Å². The summed E-state index contributed by atoms with van der Waals surface area (Å²) in [5.74, 6) is -0.781. The van der Waals surface area contributed by atoms with Crippen LogP contribution < -0.4 is 0 Å². The molecule has 12 heteroatoms. The van der Waals surface area contributed by atoms with Gasteiger partial charge in [-0.1, -0.05) is 43.3 Å². The molecule has 0 aliphatic heterocycles. The van der Waals surface area contributed by atoms with E-state index in [0.717, 1.165) is 10.7 Å². The zero-order chi connectivity index (χ0) is 25.8. The monoisotopic (exact) mass is 528 g/mol. The van der Waals surface area contributed by atoms with Gasteiger partial charge in [0.2, 0.25) is 0 Å². The molecular weight excluding hydrogens is 505 g/mol. The number of aliphatic hydroxyl groups is 1. The first kappa shape index (κ1) is 26.8. The summed E-state index contributed by atoms with van der Waals surface area (Å²) in [6, 6.07) is 11.9. The molecule has 0 radical (unpaired) electrons. The normalized spacial score (nSPS) is 12.1. The Labute approximate surface area is 204 Å². The molecule has 188 valence electrons. The lowest BCUT2D eigenvalue weighted by Crippen LogP contribution is -2.16. The molecule has 2 aromatic carbocycles. The highest BCUT2D eigenvalue weighted by molar-refractivity contribution is 7.98. The molecule has 1 heterocycles. The minimum atomic E-state index is -4.70. The maximum atomic E-state index is 13.3. The summed E-state index contributed by atoms with van der Waals surface area (Å²) in [5.41, 5.74) is 0.781. The van der Waals surface area contributed by atoms with Gasteiger partial charge in [-0.2, -0.15) is 18.3 Å². The molecule has 0 atom stereocenters. The van der Waals surface area contributed by atoms with Gasteiger partial charge in [-0.3, -0.25) is 9.48 Å². The molecule has 0 aliphatic rings. The number of alkyl halides is 3. The lowest BCUT2D eigenvalue weighted by Gasteiger charge is -2.11. The topological polar surface area (TPSA) is 98.5 Å². The van der Waals surface area contributed by atoms with Gasteiger partial charge in [-0.25, -0.2) is 8.42 Å². The zero-order valence-corrected chi connectivity index (χ0v) is 20.5. The average molecular weight is 529 g/mol. The maximum absolute atomic E-state index is 13.3. The van der Waals surface area contributed by atoms with E-state index in [0.29, 0.717) is 16.7 Å². The number of benzene rings is 2. The molecule has 1 aromatic heterocycles. The molecule has 0 amide bonds. The fourth-order valence-corrected chi connectivity index (χ4v) is 4.74. The summed E-state index contributed by atoms with van der Waals surface area (Å²) in [6.07, 6.45) is -2.98. The van der Waals surface area contributed by atoms with Gasteiger partial charge in [0.15, 0.2) is 15.5 Å². The Kier molecular flexibility index (Phi) is 8.29. The molecule has 0 spiro atoms. The van der Waals surface area contributed by atoms with Crippen LogP contribution in [0.1, 0.15) is 18.2 Å². The van der Waals surface area contributed by atoms with Crippen LogP contribution in [-0.2, 0) is 38.7 Å². The van der Waals surface area contributed by atoms with E-state index in [4.69, 9.17) is 4.74 Å². The minimum absolute atomic E-state index is 0.0285. The molecule has 0 saturated heterocycles. The predicted molar refractivity (Wildman–Crippen MR) is 126 cm³/mol. The van der Waals surface area contributed by atoms with Crippen molar-refractivity contribution in [2.45, 2.75) is 31.1 Å². The molecular formula is C23H23F3N2O5S2. The third-order valence-corrected chi connectivity index (χ3v) is 7.32. The van der Waals surface area contributed by atoms with Gasteiger partial charge in [0, 0.05) is 0 Å². The van der Waals surface area contributed by atoms with Crippen molar-refractivity contribution in [1.82, 2.24) is 9.78 Å². The smallest absolute Gasteiger partial charge is 0.435 e. The van der Waals surface area contributed by atoms with Crippen LogP contribution in [0.3, 0.4) is 0 Å². The number of ether oxygens (including phenoxy) is 1. The van der Waals surface area contributed by atoms with E-state index in [2.05, 4.69) is 5.10 Å². The Morgan fingerprint density at radius 2 is 1.71 bits per heavy atom. The van der Waals surface area contributed by atoms with Crippen LogP contribution in [0.2, 0.25) is 0 Å². The van der Waals surface area contributed by atoms with Crippen LogP contribution in [0.5, 0.6) is 0 Å². The van der Waals surface area contributed by atoms with Gasteiger partial charge in [0.1, 0.15) is 12.5 Å². The summed E-state index contributed by atoms with van der Waals surface area (Å²) in [6.45, 7) is 0.584. The second-order valence-corrected chi connectivity index (χ2v) is 10.5. The number of halogens is 3. The summed E-state index contributed by atoms with van der Waals surface area (Å²) in [7, 11) is -3.58. The number of rotatable bonds is 9. The van der Waals surface area contributed by atoms with Crippen molar-refractivity contribution < 1.29 is 36.2 Å². The van der Waals surface area contributed by atoms with Gasteiger partial charge in [0.25, 0.3) is 0 Å². The molecule has 1 N–H and O–H groups in total. The van der Waals surface area contributed by atoms with Crippen LogP contribution in [0.25, 0.3) is 22.4 Å². The van der Waals surface area contributed by atoms with Crippen molar-refractivity contribution >= 4 is 27.6 Å². The number of sulfone groups is 1. The van der Waals surface area contributed by atoms with Crippen LogP contribution in [0.4, 0.5) is 13.2 Å². The standard InChI is InChI=1S/C23H23F3N2O5S2/c1-3-35(31,32)20-10-17(8-9-18(20)13-29)15-4-6-16(7-5-15)19-11-21(23(24,25)26)27-28(19)12-22(30)33-14-34-2/h4-11,29H,3,12-14H2,1-2H3. The molecule has 0 unspecified atom stereocenters. The van der Waals surface area contributed by atoms with Gasteiger partial charge >= 0.3 is 12.1 Å². The molecule has 3 rings (SSSR count). The summed E-state index contributed by atoms with van der Waals surface area (Å²) < 4.78 is 70.6. The van der Waals surface area contributed by atoms with Crippen molar-refractivity contribution in [2.24, 2.45) is 0 Å². The fourth-order valence-electron chi connectivity index (χ4n) is 3.34. The minimum Gasteiger partial charge on any atom is -0.453 e. The highest BCUT2D eigenvalue weighted by Gasteiger charge is 2.35. The van der Waals surface area contributed by atoms with Crippen LogP contribution >= 0.6 is 11.8 Å². The summed E-state index contributed by atoms with van der Waals surface area (Å²) in [5, 5.41) is 13.1. The SMILES string of the molecule is CCS(=O)(=O)c1cc(-c2ccc(-c3cc(C(F)(F)F)nn3CC(=O)OCSC)cc2)ccc1CO. The largest absolute Gasteiger partial charge is 0.453 e. The lowest BCUT2D eigenvalue weighted by atomic mass is 10.0. The van der Waals surface area contributed by atoms with Crippen LogP contribution in [0.15, 0.2) is 53.4 Å². The third-order valence-electron chi connectivity index (χ3n) is 5.15. The number of hydrogen-bond donors (Lipinski definition) is 1. The van der Waals surface area contributed by atoms with Gasteiger partial charge in [0.05, 0.1) is 22.9 Å². The number of aromatic nitrogens is 2. The van der Waals surface area contributed by atoms with Gasteiger partial charge in [-0.05, 0) is 40.6 Å². The Hall–Kier alpha value is -2.83. The number of carbonyl (C=O) groups excluding carboxylic acids is 1. The van der Waals surface area contributed by atoms with Crippen molar-refractivity contribution in [3.8, 4) is 22.4 Å². The van der Waals surface area contributed by atoms with Crippen molar-refractivity contribution in [3.63, 3.8) is 0 Å². The average Bonchev–Trinajstić information content (AvgIpc) is 3.26. The lowest BCUT2D eigenvalue weighted by molar-refractivity contribution is -0.144. The van der Waals surface area contributed by atoms with E-state index < -0.39 is 40.8 Å². The van der Waals surface area contributed by atoms with Crippen molar-refractivity contribution in [2.75, 3.05) is 17.9 Å². The predicted octanol–water partition coefficient (Wildman–Crippen LogP) is 4.39. The molecule has 0 saturated carbocycles. The van der Waals surface area contributed by atoms with Crippen LogP contribution in [0, 0.1) is 0 Å². The van der Waals surface area contributed by atoms with Gasteiger partial charge in [-0.15, -0.1) is 11.8 Å². The molecule has 35 heavy (non-hydrogen) atoms. The number of aliphatic hydroxyl groups excluding tert-OH is 1. The highest BCUT2D eigenvalue weighted by Crippen LogP contribution is 2.33. The maximum Gasteiger partial charge on any atom is 0.435 e. The van der Waals surface area contributed by atoms with Crippen LogP contribution in [-0.4, -0.2) is 47.2 Å². The molecule has 0 bridgehead atoms.